The molecule has 1 N–H and O–H groups in total. The SMILES string of the molecule is Cc1cnc(-c2cc(O[C@H]3CC[C@H]4[C@H]3OCCN4COC(C)(C)C)cc(C(=O)N[C@H](C)c3cnc(C(F)(F)F)nc3)c2)s1. The van der Waals surface area contributed by atoms with Crippen molar-refractivity contribution >= 4 is 17.2 Å². The van der Waals surface area contributed by atoms with Crippen molar-refractivity contribution in [1.29, 1.82) is 0 Å². The molecule has 1 aliphatic carbocycles. The molecule has 1 saturated carbocycles. The number of halogens is 3. The van der Waals surface area contributed by atoms with E-state index in [2.05, 4.69) is 25.2 Å². The van der Waals surface area contributed by atoms with Gasteiger partial charge in [0, 0.05) is 52.7 Å². The number of aromatic nitrogens is 3. The minimum Gasteiger partial charge on any atom is -0.488 e. The second-order valence-electron chi connectivity index (χ2n) is 11.9. The maximum absolute atomic E-state index is 13.4. The van der Waals surface area contributed by atoms with E-state index in [9.17, 15) is 18.0 Å². The summed E-state index contributed by atoms with van der Waals surface area (Å²) < 4.78 is 57.4. The van der Waals surface area contributed by atoms with Gasteiger partial charge in [-0.3, -0.25) is 9.69 Å². The van der Waals surface area contributed by atoms with Crippen molar-refractivity contribution in [3.8, 4) is 16.3 Å². The third-order valence-corrected chi connectivity index (χ3v) is 8.37. The first-order valence-corrected chi connectivity index (χ1v) is 15.0. The van der Waals surface area contributed by atoms with Crippen molar-refractivity contribution < 1.29 is 32.2 Å². The minimum atomic E-state index is -4.64. The third kappa shape index (κ3) is 7.69. The highest BCUT2D eigenvalue weighted by Crippen LogP contribution is 2.36. The van der Waals surface area contributed by atoms with Crippen LogP contribution in [0.2, 0.25) is 0 Å². The van der Waals surface area contributed by atoms with Crippen LogP contribution in [0.1, 0.15) is 73.2 Å². The molecular formula is C30H36F3N5O4S. The van der Waals surface area contributed by atoms with Crippen LogP contribution in [0.5, 0.6) is 5.75 Å². The predicted molar refractivity (Wildman–Crippen MR) is 155 cm³/mol. The van der Waals surface area contributed by atoms with Crippen LogP contribution in [0.15, 0.2) is 36.8 Å². The molecule has 3 heterocycles. The lowest BCUT2D eigenvalue weighted by atomic mass is 10.1. The van der Waals surface area contributed by atoms with Crippen LogP contribution in [-0.4, -0.2) is 69.5 Å². The van der Waals surface area contributed by atoms with E-state index in [4.69, 9.17) is 14.2 Å². The molecule has 1 aliphatic heterocycles. The highest BCUT2D eigenvalue weighted by molar-refractivity contribution is 7.14. The lowest BCUT2D eigenvalue weighted by Crippen LogP contribution is -2.53. The third-order valence-electron chi connectivity index (χ3n) is 7.41. The van der Waals surface area contributed by atoms with E-state index in [0.717, 1.165) is 47.2 Å². The van der Waals surface area contributed by atoms with Crippen LogP contribution in [0.3, 0.4) is 0 Å². The summed E-state index contributed by atoms with van der Waals surface area (Å²) >= 11 is 1.50. The van der Waals surface area contributed by atoms with Gasteiger partial charge in [-0.05, 0) is 65.7 Å². The summed E-state index contributed by atoms with van der Waals surface area (Å²) in [5, 5.41) is 3.58. The fourth-order valence-electron chi connectivity index (χ4n) is 5.21. The van der Waals surface area contributed by atoms with Gasteiger partial charge in [0.15, 0.2) is 0 Å². The Morgan fingerprint density at radius 2 is 1.88 bits per heavy atom. The first kappa shape index (κ1) is 31.3. The molecule has 13 heteroatoms. The number of hydrogen-bond acceptors (Lipinski definition) is 9. The number of morpholine rings is 1. The Bertz CT molecular complexity index is 1430. The number of fused-ring (bicyclic) bond motifs is 1. The fraction of sp³-hybridized carbons (Fsp3) is 0.533. The lowest BCUT2D eigenvalue weighted by Gasteiger charge is -2.39. The Labute approximate surface area is 252 Å². The van der Waals surface area contributed by atoms with Gasteiger partial charge in [0.1, 0.15) is 29.7 Å². The first-order valence-electron chi connectivity index (χ1n) is 14.2. The predicted octanol–water partition coefficient (Wildman–Crippen LogP) is 5.80. The van der Waals surface area contributed by atoms with E-state index in [1.54, 1.807) is 25.3 Å². The van der Waals surface area contributed by atoms with Gasteiger partial charge >= 0.3 is 6.18 Å². The van der Waals surface area contributed by atoms with Gasteiger partial charge in [-0.25, -0.2) is 15.0 Å². The van der Waals surface area contributed by atoms with Gasteiger partial charge in [-0.1, -0.05) is 0 Å². The zero-order valence-electron chi connectivity index (χ0n) is 24.8. The van der Waals surface area contributed by atoms with Crippen LogP contribution in [0.25, 0.3) is 10.6 Å². The van der Waals surface area contributed by atoms with Crippen molar-refractivity contribution in [2.75, 3.05) is 19.9 Å². The molecule has 0 spiro atoms. The maximum atomic E-state index is 13.4. The number of nitrogens with zero attached hydrogens (tertiary/aromatic N) is 4. The molecule has 1 aromatic carbocycles. The van der Waals surface area contributed by atoms with Gasteiger partial charge in [-0.2, -0.15) is 13.2 Å². The van der Waals surface area contributed by atoms with Crippen LogP contribution in [0.4, 0.5) is 13.2 Å². The van der Waals surface area contributed by atoms with Crippen LogP contribution in [-0.2, 0) is 15.7 Å². The number of hydrogen-bond donors (Lipinski definition) is 1. The van der Waals surface area contributed by atoms with Crippen molar-refractivity contribution in [2.24, 2.45) is 0 Å². The van der Waals surface area contributed by atoms with E-state index in [1.165, 1.54) is 11.3 Å². The number of benzene rings is 1. The number of carbonyl (C=O) groups excluding carboxylic acids is 1. The molecule has 0 radical (unpaired) electrons. The summed E-state index contributed by atoms with van der Waals surface area (Å²) in [5.74, 6) is -1.14. The average molecular weight is 620 g/mol. The maximum Gasteiger partial charge on any atom is 0.451 e. The Hall–Kier alpha value is -3.13. The second kappa shape index (κ2) is 12.5. The number of rotatable bonds is 8. The molecule has 9 nitrogen and oxygen atoms in total. The van der Waals surface area contributed by atoms with E-state index in [0.29, 0.717) is 30.2 Å². The molecule has 232 valence electrons. The van der Waals surface area contributed by atoms with Crippen LogP contribution >= 0.6 is 11.3 Å². The summed E-state index contributed by atoms with van der Waals surface area (Å²) in [6.45, 7) is 11.6. The molecule has 2 aromatic heterocycles. The summed E-state index contributed by atoms with van der Waals surface area (Å²) in [4.78, 5) is 28.0. The van der Waals surface area contributed by atoms with Gasteiger partial charge < -0.3 is 19.5 Å². The Balaban J connectivity index is 1.34. The van der Waals surface area contributed by atoms with Crippen molar-refractivity contribution in [3.63, 3.8) is 0 Å². The first-order chi connectivity index (χ1) is 20.3. The number of thiazole rings is 1. The molecule has 2 aliphatic rings. The number of nitrogens with one attached hydrogen (secondary N) is 1. The number of aryl methyl sites for hydroxylation is 1. The quantitative estimate of drug-likeness (QED) is 0.338. The summed E-state index contributed by atoms with van der Waals surface area (Å²) in [7, 11) is 0. The van der Waals surface area contributed by atoms with E-state index in [-0.39, 0.29) is 23.9 Å². The molecule has 1 amide bonds. The number of ether oxygens (including phenoxy) is 3. The smallest absolute Gasteiger partial charge is 0.451 e. The fourth-order valence-corrected chi connectivity index (χ4v) is 5.96. The minimum absolute atomic E-state index is 0.139. The Morgan fingerprint density at radius 1 is 1.14 bits per heavy atom. The molecule has 0 bridgehead atoms. The standard InChI is InChI=1S/C30H36F3N5O4S/c1-17-13-34-27(43-17)20-10-19(26(39)37-18(2)21-14-35-28(36-15-21)30(31,32)33)11-22(12-20)42-24-7-6-23-25(24)40-9-8-38(23)16-41-29(3,4)5/h10-15,18,23-25H,6-9,16H2,1-5H3,(H,37,39)/t18-,23+,24+,25-/m1/s1. The van der Waals surface area contributed by atoms with Crippen LogP contribution < -0.4 is 10.1 Å². The van der Waals surface area contributed by atoms with Gasteiger partial charge in [0.2, 0.25) is 5.82 Å². The van der Waals surface area contributed by atoms with Gasteiger partial charge in [0.25, 0.3) is 5.91 Å². The largest absolute Gasteiger partial charge is 0.488 e. The lowest BCUT2D eigenvalue weighted by molar-refractivity contribution is -0.145. The molecular weight excluding hydrogens is 583 g/mol. The second-order valence-corrected chi connectivity index (χ2v) is 13.1. The van der Waals surface area contributed by atoms with Crippen molar-refractivity contribution in [3.05, 3.63) is 58.6 Å². The highest BCUT2D eigenvalue weighted by atomic mass is 32.1. The number of amides is 1. The zero-order valence-corrected chi connectivity index (χ0v) is 25.6. The van der Waals surface area contributed by atoms with Crippen LogP contribution in [0, 0.1) is 6.92 Å². The molecule has 3 aromatic rings. The molecule has 2 fully saturated rings. The van der Waals surface area contributed by atoms with E-state index in [1.807, 2.05) is 33.8 Å². The zero-order chi connectivity index (χ0) is 30.9. The van der Waals surface area contributed by atoms with Gasteiger partial charge in [-0.15, -0.1) is 11.3 Å². The summed E-state index contributed by atoms with van der Waals surface area (Å²) in [6, 6.07) is 4.80. The highest BCUT2D eigenvalue weighted by Gasteiger charge is 2.44. The topological polar surface area (TPSA) is 98.7 Å². The van der Waals surface area contributed by atoms with Crippen molar-refractivity contribution in [2.45, 2.75) is 83.5 Å². The Kier molecular flexibility index (Phi) is 9.07. The summed E-state index contributed by atoms with van der Waals surface area (Å²) in [6.07, 6.45) is 0.598. The normalized spacial score (nSPS) is 21.8. The van der Waals surface area contributed by atoms with E-state index >= 15 is 0 Å². The average Bonchev–Trinajstić information content (AvgIpc) is 3.57. The number of alkyl halides is 3. The molecule has 43 heavy (non-hydrogen) atoms. The molecule has 4 atom stereocenters. The summed E-state index contributed by atoms with van der Waals surface area (Å²) in [5.41, 5.74) is 1.16. The molecule has 0 unspecified atom stereocenters. The molecule has 5 rings (SSSR count). The monoisotopic (exact) mass is 619 g/mol. The molecule has 1 saturated heterocycles. The van der Waals surface area contributed by atoms with E-state index < -0.39 is 23.9 Å². The number of carbonyl (C=O) groups is 1. The van der Waals surface area contributed by atoms with Gasteiger partial charge in [0.05, 0.1) is 18.2 Å². The van der Waals surface area contributed by atoms with Crippen molar-refractivity contribution in [1.82, 2.24) is 25.2 Å². The Morgan fingerprint density at radius 3 is 2.53 bits per heavy atom.